The van der Waals surface area contributed by atoms with Gasteiger partial charge in [-0.05, 0) is 39.9 Å². The van der Waals surface area contributed by atoms with Crippen molar-refractivity contribution >= 4 is 24.7 Å². The van der Waals surface area contributed by atoms with Gasteiger partial charge in [0.05, 0.1) is 11.7 Å². The number of aromatic carboxylic acids is 1. The summed E-state index contributed by atoms with van der Waals surface area (Å²) in [6.45, 7) is 7.65. The molecule has 0 aromatic heterocycles. The zero-order chi connectivity index (χ0) is 23.5. The molecule has 4 nitrogen and oxygen atoms in total. The molecule has 0 aliphatic carbocycles. The van der Waals surface area contributed by atoms with E-state index in [1.165, 1.54) is 10.4 Å². The maximum atomic E-state index is 11.6. The number of carboxylic acid groups (broad SMARTS) is 1. The first-order valence-electron chi connectivity index (χ1n) is 11.6. The zero-order valence-electron chi connectivity index (χ0n) is 19.6. The van der Waals surface area contributed by atoms with E-state index in [0.29, 0.717) is 12.0 Å². The minimum absolute atomic E-state index is 0.0658. The molecule has 0 amide bonds. The Morgan fingerprint density at radius 3 is 2.03 bits per heavy atom. The van der Waals surface area contributed by atoms with Crippen molar-refractivity contribution in [2.24, 2.45) is 0 Å². The molecule has 3 aromatic rings. The van der Waals surface area contributed by atoms with Gasteiger partial charge >= 0.3 is 5.97 Å². The standard InChI is InChI=1S/C28H33NO3Si/c1-28(2,3)33(24-13-6-4-7-14-24,25-15-8-5-9-16-25)32-23-19-22(29-20-23)18-21-12-10-11-17-26(21)27(30)31/h4-17,22-23,29H,18-20H2,1-3H3,(H,30,31)/t22-,23-/m1/s1. The molecular weight excluding hydrogens is 426 g/mol. The van der Waals surface area contributed by atoms with Gasteiger partial charge in [-0.25, -0.2) is 4.79 Å². The first-order chi connectivity index (χ1) is 15.8. The molecule has 2 atom stereocenters. The highest BCUT2D eigenvalue weighted by molar-refractivity contribution is 6.99. The average Bonchev–Trinajstić information content (AvgIpc) is 3.25. The zero-order valence-corrected chi connectivity index (χ0v) is 20.6. The fourth-order valence-corrected chi connectivity index (χ4v) is 9.84. The van der Waals surface area contributed by atoms with Crippen LogP contribution in [-0.2, 0) is 10.8 Å². The lowest BCUT2D eigenvalue weighted by molar-refractivity contribution is 0.0695. The Morgan fingerprint density at radius 2 is 1.48 bits per heavy atom. The third kappa shape index (κ3) is 4.81. The largest absolute Gasteiger partial charge is 0.478 e. The van der Waals surface area contributed by atoms with Crippen molar-refractivity contribution in [3.8, 4) is 0 Å². The van der Waals surface area contributed by atoms with Crippen LogP contribution in [0.25, 0.3) is 0 Å². The van der Waals surface area contributed by atoms with Crippen molar-refractivity contribution in [2.45, 2.75) is 50.8 Å². The molecule has 5 heteroatoms. The number of rotatable bonds is 7. The summed E-state index contributed by atoms with van der Waals surface area (Å²) in [5.41, 5.74) is 1.25. The third-order valence-corrected chi connectivity index (χ3v) is 11.7. The highest BCUT2D eigenvalue weighted by atomic mass is 28.4. The summed E-state index contributed by atoms with van der Waals surface area (Å²) in [4.78, 5) is 11.6. The Labute approximate surface area is 197 Å². The number of benzene rings is 3. The number of nitrogens with one attached hydrogen (secondary N) is 1. The van der Waals surface area contributed by atoms with E-state index in [0.717, 1.165) is 18.5 Å². The fraction of sp³-hybridized carbons (Fsp3) is 0.321. The van der Waals surface area contributed by atoms with Crippen LogP contribution in [0.5, 0.6) is 0 Å². The summed E-state index contributed by atoms with van der Waals surface area (Å²) >= 11 is 0. The molecule has 0 radical (unpaired) electrons. The molecule has 0 bridgehead atoms. The molecule has 0 saturated carbocycles. The molecular formula is C28H33NO3Si. The van der Waals surface area contributed by atoms with E-state index in [2.05, 4.69) is 86.8 Å². The summed E-state index contributed by atoms with van der Waals surface area (Å²) in [7, 11) is -2.60. The van der Waals surface area contributed by atoms with Crippen LogP contribution in [0.1, 0.15) is 43.1 Å². The monoisotopic (exact) mass is 459 g/mol. The fourth-order valence-electron chi connectivity index (χ4n) is 5.14. The topological polar surface area (TPSA) is 58.6 Å². The van der Waals surface area contributed by atoms with E-state index in [4.69, 9.17) is 4.43 Å². The Hall–Kier alpha value is -2.73. The van der Waals surface area contributed by atoms with Crippen molar-refractivity contribution in [3.63, 3.8) is 0 Å². The first kappa shape index (κ1) is 23.4. The third-order valence-electron chi connectivity index (χ3n) is 6.66. The molecule has 1 aliphatic rings. The Bertz CT molecular complexity index is 1040. The van der Waals surface area contributed by atoms with Crippen LogP contribution < -0.4 is 15.7 Å². The van der Waals surface area contributed by atoms with Gasteiger partial charge in [0.15, 0.2) is 0 Å². The van der Waals surface area contributed by atoms with E-state index in [9.17, 15) is 9.90 Å². The van der Waals surface area contributed by atoms with Crippen LogP contribution >= 0.6 is 0 Å². The van der Waals surface area contributed by atoms with Gasteiger partial charge in [-0.1, -0.05) is 99.6 Å². The predicted octanol–water partition coefficient (Wildman–Crippen LogP) is 4.23. The quantitative estimate of drug-likeness (QED) is 0.519. The Kier molecular flexibility index (Phi) is 6.84. The smallest absolute Gasteiger partial charge is 0.335 e. The second kappa shape index (κ2) is 9.63. The number of carbonyl (C=O) groups is 1. The van der Waals surface area contributed by atoms with Crippen molar-refractivity contribution in [3.05, 3.63) is 96.1 Å². The summed E-state index contributed by atoms with van der Waals surface area (Å²) in [5, 5.41) is 15.6. The molecule has 1 fully saturated rings. The summed E-state index contributed by atoms with van der Waals surface area (Å²) in [5.74, 6) is -0.872. The van der Waals surface area contributed by atoms with Gasteiger partial charge < -0.3 is 14.8 Å². The summed E-state index contributed by atoms with van der Waals surface area (Å²) in [6.07, 6.45) is 1.61. The Balaban J connectivity index is 1.63. The van der Waals surface area contributed by atoms with Crippen molar-refractivity contribution in [1.29, 1.82) is 0 Å². The van der Waals surface area contributed by atoms with Crippen LogP contribution in [-0.4, -0.2) is 38.1 Å². The predicted molar refractivity (Wildman–Crippen MR) is 136 cm³/mol. The molecule has 0 unspecified atom stereocenters. The van der Waals surface area contributed by atoms with E-state index in [1.54, 1.807) is 12.1 Å². The average molecular weight is 460 g/mol. The van der Waals surface area contributed by atoms with E-state index < -0.39 is 14.3 Å². The maximum absolute atomic E-state index is 11.6. The number of hydrogen-bond acceptors (Lipinski definition) is 3. The minimum Gasteiger partial charge on any atom is -0.478 e. The van der Waals surface area contributed by atoms with Gasteiger partial charge in [0.25, 0.3) is 8.32 Å². The number of carboxylic acids is 1. The summed E-state index contributed by atoms with van der Waals surface area (Å²) < 4.78 is 7.24. The minimum atomic E-state index is -2.60. The first-order valence-corrected chi connectivity index (χ1v) is 13.6. The second-order valence-electron chi connectivity index (χ2n) is 9.91. The molecule has 1 aliphatic heterocycles. The van der Waals surface area contributed by atoms with Gasteiger partial charge in [-0.3, -0.25) is 0 Å². The van der Waals surface area contributed by atoms with Gasteiger partial charge in [0.2, 0.25) is 0 Å². The van der Waals surface area contributed by atoms with Gasteiger partial charge in [-0.2, -0.15) is 0 Å². The highest BCUT2D eigenvalue weighted by Gasteiger charge is 2.52. The van der Waals surface area contributed by atoms with Gasteiger partial charge in [-0.15, -0.1) is 0 Å². The normalized spacial score (nSPS) is 18.9. The van der Waals surface area contributed by atoms with Crippen LogP contribution in [0.4, 0.5) is 0 Å². The molecule has 3 aromatic carbocycles. The molecule has 2 N–H and O–H groups in total. The van der Waals surface area contributed by atoms with Crippen molar-refractivity contribution in [1.82, 2.24) is 5.32 Å². The van der Waals surface area contributed by atoms with E-state index >= 15 is 0 Å². The second-order valence-corrected chi connectivity index (χ2v) is 14.2. The molecule has 1 saturated heterocycles. The van der Waals surface area contributed by atoms with Crippen molar-refractivity contribution in [2.75, 3.05) is 6.54 Å². The maximum Gasteiger partial charge on any atom is 0.335 e. The van der Waals surface area contributed by atoms with E-state index in [-0.39, 0.29) is 17.2 Å². The van der Waals surface area contributed by atoms with Crippen LogP contribution in [0.15, 0.2) is 84.9 Å². The van der Waals surface area contributed by atoms with E-state index in [1.807, 2.05) is 12.1 Å². The highest BCUT2D eigenvalue weighted by Crippen LogP contribution is 2.38. The lowest BCUT2D eigenvalue weighted by atomic mass is 9.99. The van der Waals surface area contributed by atoms with Crippen LogP contribution in [0.2, 0.25) is 5.04 Å². The molecule has 0 spiro atoms. The SMILES string of the molecule is CC(C)(C)[Si](O[C@H]1CN[C@H](Cc2ccccc2C(=O)O)C1)(c1ccccc1)c1ccccc1. The van der Waals surface area contributed by atoms with Crippen LogP contribution in [0, 0.1) is 0 Å². The lowest BCUT2D eigenvalue weighted by Gasteiger charge is -2.44. The molecule has 33 heavy (non-hydrogen) atoms. The summed E-state index contributed by atoms with van der Waals surface area (Å²) in [6, 6.07) is 28.9. The number of hydrogen-bond donors (Lipinski definition) is 2. The van der Waals surface area contributed by atoms with Gasteiger partial charge in [0, 0.05) is 12.6 Å². The lowest BCUT2D eigenvalue weighted by Crippen LogP contribution is -2.67. The molecule has 4 rings (SSSR count). The van der Waals surface area contributed by atoms with Crippen molar-refractivity contribution < 1.29 is 14.3 Å². The molecule has 1 heterocycles. The van der Waals surface area contributed by atoms with Crippen LogP contribution in [0.3, 0.4) is 0 Å². The Morgan fingerprint density at radius 1 is 0.939 bits per heavy atom. The molecule has 172 valence electrons. The van der Waals surface area contributed by atoms with Gasteiger partial charge in [0.1, 0.15) is 0 Å².